The van der Waals surface area contributed by atoms with Crippen LogP contribution in [0.3, 0.4) is 0 Å². The van der Waals surface area contributed by atoms with Crippen molar-refractivity contribution in [2.75, 3.05) is 12.3 Å². The van der Waals surface area contributed by atoms with Crippen LogP contribution < -0.4 is 5.32 Å². The molecule has 0 saturated heterocycles. The minimum Gasteiger partial charge on any atom is -0.464 e. The monoisotopic (exact) mass is 221 g/mol. The first-order chi connectivity index (χ1) is 7.42. The van der Waals surface area contributed by atoms with Gasteiger partial charge in [-0.15, -0.1) is 0 Å². The number of thiol groups is 1. The standard InChI is InChI=1S/C12H15NOS/c15-7-3-6-13-8-10-9-14-12-5-2-1-4-11(10)12/h1-2,4-5,9,13,15H,3,6-8H2. The predicted molar refractivity (Wildman–Crippen MR) is 66.4 cm³/mol. The van der Waals surface area contributed by atoms with Crippen molar-refractivity contribution >= 4 is 23.6 Å². The zero-order chi connectivity index (χ0) is 10.5. The SMILES string of the molecule is SCCCNCc1coc2ccccc12. The summed E-state index contributed by atoms with van der Waals surface area (Å²) in [4.78, 5) is 0. The molecule has 0 amide bonds. The molecule has 1 aromatic heterocycles. The van der Waals surface area contributed by atoms with Crippen molar-refractivity contribution in [3.05, 3.63) is 36.1 Å². The minimum atomic E-state index is 0.866. The van der Waals surface area contributed by atoms with Crippen LogP contribution >= 0.6 is 12.6 Å². The quantitative estimate of drug-likeness (QED) is 0.599. The zero-order valence-corrected chi connectivity index (χ0v) is 9.47. The molecule has 0 unspecified atom stereocenters. The molecule has 2 rings (SSSR count). The molecule has 0 saturated carbocycles. The van der Waals surface area contributed by atoms with Crippen LogP contribution in [0.15, 0.2) is 34.9 Å². The fourth-order valence-electron chi connectivity index (χ4n) is 1.60. The number of fused-ring (bicyclic) bond motifs is 1. The summed E-state index contributed by atoms with van der Waals surface area (Å²) >= 11 is 4.17. The largest absolute Gasteiger partial charge is 0.464 e. The minimum absolute atomic E-state index is 0.866. The summed E-state index contributed by atoms with van der Waals surface area (Å²) in [5.41, 5.74) is 2.19. The van der Waals surface area contributed by atoms with E-state index in [4.69, 9.17) is 4.42 Å². The molecule has 0 atom stereocenters. The van der Waals surface area contributed by atoms with E-state index in [0.717, 1.165) is 30.8 Å². The highest BCUT2D eigenvalue weighted by Gasteiger charge is 2.03. The molecule has 1 aromatic carbocycles. The first-order valence-electron chi connectivity index (χ1n) is 5.18. The van der Waals surface area contributed by atoms with Crippen molar-refractivity contribution in [2.24, 2.45) is 0 Å². The van der Waals surface area contributed by atoms with Gasteiger partial charge in [-0.2, -0.15) is 12.6 Å². The van der Waals surface area contributed by atoms with E-state index in [0.29, 0.717) is 0 Å². The van der Waals surface area contributed by atoms with E-state index in [1.165, 1.54) is 10.9 Å². The molecule has 2 nitrogen and oxygen atoms in total. The highest BCUT2D eigenvalue weighted by Crippen LogP contribution is 2.20. The Kier molecular flexibility index (Phi) is 3.69. The van der Waals surface area contributed by atoms with Gasteiger partial charge in [-0.25, -0.2) is 0 Å². The molecule has 0 fully saturated rings. The molecular weight excluding hydrogens is 206 g/mol. The molecule has 1 N–H and O–H groups in total. The lowest BCUT2D eigenvalue weighted by Gasteiger charge is -2.01. The summed E-state index contributed by atoms with van der Waals surface area (Å²) in [5.74, 6) is 0.930. The van der Waals surface area contributed by atoms with Crippen molar-refractivity contribution in [2.45, 2.75) is 13.0 Å². The molecule has 0 aliphatic heterocycles. The van der Waals surface area contributed by atoms with Crippen LogP contribution in [0.1, 0.15) is 12.0 Å². The van der Waals surface area contributed by atoms with Crippen LogP contribution in [0, 0.1) is 0 Å². The van der Waals surface area contributed by atoms with Crippen LogP contribution in [0.2, 0.25) is 0 Å². The van der Waals surface area contributed by atoms with E-state index in [-0.39, 0.29) is 0 Å². The molecule has 2 aromatic rings. The lowest BCUT2D eigenvalue weighted by atomic mass is 10.2. The number of rotatable bonds is 5. The third-order valence-electron chi connectivity index (χ3n) is 2.39. The molecule has 15 heavy (non-hydrogen) atoms. The van der Waals surface area contributed by atoms with Gasteiger partial charge in [0, 0.05) is 17.5 Å². The maximum atomic E-state index is 5.45. The first-order valence-corrected chi connectivity index (χ1v) is 5.82. The van der Waals surface area contributed by atoms with Gasteiger partial charge >= 0.3 is 0 Å². The van der Waals surface area contributed by atoms with Gasteiger partial charge < -0.3 is 9.73 Å². The van der Waals surface area contributed by atoms with Crippen LogP contribution in [0.25, 0.3) is 11.0 Å². The van der Waals surface area contributed by atoms with Crippen LogP contribution in [-0.4, -0.2) is 12.3 Å². The van der Waals surface area contributed by atoms with Gasteiger partial charge in [-0.1, -0.05) is 18.2 Å². The Morgan fingerprint density at radius 1 is 1.27 bits per heavy atom. The molecule has 0 aliphatic carbocycles. The predicted octanol–water partition coefficient (Wildman–Crippen LogP) is 2.84. The summed E-state index contributed by atoms with van der Waals surface area (Å²) in [6, 6.07) is 8.11. The average Bonchev–Trinajstić information content (AvgIpc) is 2.68. The number of para-hydroxylation sites is 1. The number of furan rings is 1. The Morgan fingerprint density at radius 3 is 3.00 bits per heavy atom. The van der Waals surface area contributed by atoms with E-state index >= 15 is 0 Å². The number of hydrogen-bond donors (Lipinski definition) is 2. The van der Waals surface area contributed by atoms with Crippen LogP contribution in [-0.2, 0) is 6.54 Å². The summed E-state index contributed by atoms with van der Waals surface area (Å²) < 4.78 is 5.45. The summed E-state index contributed by atoms with van der Waals surface area (Å²) in [7, 11) is 0. The van der Waals surface area contributed by atoms with Crippen molar-refractivity contribution in [1.29, 1.82) is 0 Å². The zero-order valence-electron chi connectivity index (χ0n) is 8.57. The number of benzene rings is 1. The van der Waals surface area contributed by atoms with Gasteiger partial charge in [0.2, 0.25) is 0 Å². The highest BCUT2D eigenvalue weighted by molar-refractivity contribution is 7.80. The number of hydrogen-bond acceptors (Lipinski definition) is 3. The van der Waals surface area contributed by atoms with E-state index < -0.39 is 0 Å². The maximum absolute atomic E-state index is 5.45. The third kappa shape index (κ3) is 2.55. The Hall–Kier alpha value is -0.930. The fourth-order valence-corrected chi connectivity index (χ4v) is 1.75. The highest BCUT2D eigenvalue weighted by atomic mass is 32.1. The van der Waals surface area contributed by atoms with Crippen molar-refractivity contribution in [3.63, 3.8) is 0 Å². The molecule has 0 spiro atoms. The van der Waals surface area contributed by atoms with Gasteiger partial charge in [0.1, 0.15) is 5.58 Å². The average molecular weight is 221 g/mol. The molecule has 0 bridgehead atoms. The Labute approximate surface area is 95.1 Å². The van der Waals surface area contributed by atoms with Crippen molar-refractivity contribution < 1.29 is 4.42 Å². The summed E-state index contributed by atoms with van der Waals surface area (Å²) in [6.07, 6.45) is 2.93. The Bertz CT molecular complexity index is 424. The van der Waals surface area contributed by atoms with Crippen molar-refractivity contribution in [1.82, 2.24) is 5.32 Å². The molecular formula is C12H15NOS. The molecule has 0 aliphatic rings. The van der Waals surface area contributed by atoms with E-state index in [1.54, 1.807) is 0 Å². The lowest BCUT2D eigenvalue weighted by Crippen LogP contribution is -2.14. The number of nitrogens with one attached hydrogen (secondary N) is 1. The Balaban J connectivity index is 2.02. The summed E-state index contributed by atoms with van der Waals surface area (Å²) in [5, 5.41) is 4.58. The molecule has 80 valence electrons. The third-order valence-corrected chi connectivity index (χ3v) is 2.70. The first kappa shape index (κ1) is 10.6. The van der Waals surface area contributed by atoms with Gasteiger partial charge in [0.15, 0.2) is 0 Å². The second kappa shape index (κ2) is 5.24. The summed E-state index contributed by atoms with van der Waals surface area (Å²) in [6.45, 7) is 1.87. The molecule has 0 radical (unpaired) electrons. The van der Waals surface area contributed by atoms with E-state index in [2.05, 4.69) is 24.0 Å². The maximum Gasteiger partial charge on any atom is 0.134 e. The Morgan fingerprint density at radius 2 is 2.13 bits per heavy atom. The van der Waals surface area contributed by atoms with Gasteiger partial charge in [0.05, 0.1) is 6.26 Å². The van der Waals surface area contributed by atoms with Gasteiger partial charge in [0.25, 0.3) is 0 Å². The fraction of sp³-hybridized carbons (Fsp3) is 0.333. The lowest BCUT2D eigenvalue weighted by molar-refractivity contribution is 0.601. The van der Waals surface area contributed by atoms with Crippen molar-refractivity contribution in [3.8, 4) is 0 Å². The van der Waals surface area contributed by atoms with Crippen LogP contribution in [0.5, 0.6) is 0 Å². The van der Waals surface area contributed by atoms with Gasteiger partial charge in [-0.3, -0.25) is 0 Å². The second-order valence-corrected chi connectivity index (χ2v) is 3.96. The smallest absolute Gasteiger partial charge is 0.134 e. The topological polar surface area (TPSA) is 25.2 Å². The van der Waals surface area contributed by atoms with E-state index in [1.807, 2.05) is 24.5 Å². The second-order valence-electron chi connectivity index (χ2n) is 3.51. The normalized spacial score (nSPS) is 11.0. The van der Waals surface area contributed by atoms with Gasteiger partial charge in [-0.05, 0) is 24.8 Å². The molecule has 1 heterocycles. The van der Waals surface area contributed by atoms with Crippen LogP contribution in [0.4, 0.5) is 0 Å². The molecule has 3 heteroatoms. The van der Waals surface area contributed by atoms with E-state index in [9.17, 15) is 0 Å².